The number of pyridine rings is 2. The van der Waals surface area contributed by atoms with Crippen molar-refractivity contribution in [3.63, 3.8) is 0 Å². The van der Waals surface area contributed by atoms with Crippen LogP contribution in [0.25, 0.3) is 22.1 Å². The fraction of sp³-hybridized carbons (Fsp3) is 0.417. The first-order valence-corrected chi connectivity index (χ1v) is 23.7. The van der Waals surface area contributed by atoms with Gasteiger partial charge in [-0.25, -0.2) is 9.97 Å². The predicted molar refractivity (Wildman–Crippen MR) is 268 cm³/mol. The zero-order valence-electron chi connectivity index (χ0n) is 36.9. The summed E-state index contributed by atoms with van der Waals surface area (Å²) in [6, 6.07) is 20.1. The molecule has 4 aliphatic rings. The van der Waals surface area contributed by atoms with Crippen molar-refractivity contribution in [1.82, 2.24) is 39.3 Å². The Hall–Kier alpha value is -5.60. The van der Waals surface area contributed by atoms with Crippen molar-refractivity contribution >= 4 is 78.2 Å². The van der Waals surface area contributed by atoms with Crippen molar-refractivity contribution in [3.8, 4) is 12.1 Å². The molecule has 2 aromatic carbocycles. The molecule has 6 heterocycles. The fourth-order valence-electron chi connectivity index (χ4n) is 9.41. The maximum absolute atomic E-state index is 13.0. The maximum atomic E-state index is 13.0. The number of hydrogen-bond acceptors (Lipinski definition) is 14. The summed E-state index contributed by atoms with van der Waals surface area (Å²) < 4.78 is 3.43. The molecule has 6 aromatic rings. The number of nitrogens with zero attached hydrogens (tertiary/aromatic N) is 9. The minimum Gasteiger partial charge on any atom is -0.330 e. The number of rotatable bonds is 9. The van der Waals surface area contributed by atoms with E-state index < -0.39 is 0 Å². The second kappa shape index (κ2) is 22.7. The minimum atomic E-state index is -0.259. The third-order valence-corrected chi connectivity index (χ3v) is 13.1. The van der Waals surface area contributed by atoms with Gasteiger partial charge in [0.2, 0.25) is 11.9 Å². The molecule has 0 atom stereocenters. The molecule has 10 rings (SSSR count). The smallest absolute Gasteiger partial charge is 0.270 e. The molecule has 4 aromatic heterocycles. The monoisotopic (exact) mass is 1020 g/mol. The molecular weight excluding hydrogens is 964 g/mol. The largest absolute Gasteiger partial charge is 0.330 e. The quantitative estimate of drug-likeness (QED) is 0.0925. The molecule has 2 aliphatic heterocycles. The summed E-state index contributed by atoms with van der Waals surface area (Å²) in [4.78, 5) is 46.5. The number of hydrogen-bond donors (Lipinski definition) is 5. The van der Waals surface area contributed by atoms with E-state index in [0.29, 0.717) is 40.5 Å². The van der Waals surface area contributed by atoms with Gasteiger partial charge in [-0.2, -0.15) is 20.5 Å². The highest BCUT2D eigenvalue weighted by molar-refractivity contribution is 9.09. The average molecular weight is 1020 g/mol. The van der Waals surface area contributed by atoms with Crippen LogP contribution in [0.4, 0.5) is 23.3 Å². The first-order valence-electron chi connectivity index (χ1n) is 22.6. The lowest BCUT2D eigenvalue weighted by Crippen LogP contribution is -2.34. The Balaban J connectivity index is 0.000000180. The van der Waals surface area contributed by atoms with Gasteiger partial charge in [0.05, 0.1) is 0 Å². The number of halogens is 2. The number of alkyl halides is 1. The van der Waals surface area contributed by atoms with Crippen LogP contribution >= 0.6 is 32.9 Å². The SMILES string of the molecule is Br.N#Cc1cc2cnc(Nc3ccc4c(c3)CN(CCN)CC4)nc2n(C2CCCC2)c1=O.N#Cc1cc2cnc(Nc3ccc4c(c3)CNCC4)nc2n(C2CCCC2)c1=O.NCCBr. The van der Waals surface area contributed by atoms with Crippen LogP contribution in [-0.4, -0.2) is 72.0 Å². The van der Waals surface area contributed by atoms with Crippen molar-refractivity contribution in [3.05, 3.63) is 115 Å². The van der Waals surface area contributed by atoms with E-state index in [9.17, 15) is 20.1 Å². The molecule has 2 fully saturated rings. The first-order chi connectivity index (χ1) is 31.8. The number of nitrogens with two attached hydrogens (primary N) is 2. The molecule has 0 spiro atoms. The lowest BCUT2D eigenvalue weighted by molar-refractivity contribution is 0.261. The number of fused-ring (bicyclic) bond motifs is 4. The maximum Gasteiger partial charge on any atom is 0.270 e. The summed E-state index contributed by atoms with van der Waals surface area (Å²) in [5.41, 5.74) is 18.8. The van der Waals surface area contributed by atoms with E-state index in [1.807, 2.05) is 24.3 Å². The normalized spacial score (nSPS) is 15.8. The summed E-state index contributed by atoms with van der Waals surface area (Å²) in [6.45, 7) is 6.09. The van der Waals surface area contributed by atoms with E-state index in [0.717, 1.165) is 120 Å². The van der Waals surface area contributed by atoms with Crippen LogP contribution < -0.4 is 38.5 Å². The fourth-order valence-corrected chi connectivity index (χ4v) is 9.41. The highest BCUT2D eigenvalue weighted by Crippen LogP contribution is 2.33. The molecule has 344 valence electrons. The van der Waals surface area contributed by atoms with Crippen molar-refractivity contribution in [2.24, 2.45) is 11.5 Å². The van der Waals surface area contributed by atoms with Gasteiger partial charge >= 0.3 is 0 Å². The van der Waals surface area contributed by atoms with Crippen LogP contribution in [0.1, 0.15) is 96.8 Å². The third-order valence-electron chi connectivity index (χ3n) is 12.6. The molecule has 0 saturated heterocycles. The second-order valence-electron chi connectivity index (χ2n) is 16.9. The molecule has 2 saturated carbocycles. The topological polar surface area (TPSA) is 235 Å². The Morgan fingerprint density at radius 2 is 1.21 bits per heavy atom. The summed E-state index contributed by atoms with van der Waals surface area (Å²) in [6.07, 6.45) is 13.5. The van der Waals surface area contributed by atoms with Crippen molar-refractivity contribution in [1.29, 1.82) is 10.5 Å². The summed E-state index contributed by atoms with van der Waals surface area (Å²) >= 11 is 3.12. The van der Waals surface area contributed by atoms with E-state index >= 15 is 0 Å². The lowest BCUT2D eigenvalue weighted by Gasteiger charge is -2.28. The Morgan fingerprint density at radius 3 is 1.70 bits per heavy atom. The van der Waals surface area contributed by atoms with Crippen LogP contribution in [0.15, 0.2) is 70.5 Å². The van der Waals surface area contributed by atoms with Gasteiger partial charge in [0.1, 0.15) is 34.6 Å². The molecular formula is C48H56Br2N14O2. The lowest BCUT2D eigenvalue weighted by atomic mass is 9.99. The van der Waals surface area contributed by atoms with E-state index in [4.69, 9.17) is 16.5 Å². The molecule has 18 heteroatoms. The zero-order chi connectivity index (χ0) is 45.3. The second-order valence-corrected chi connectivity index (χ2v) is 17.7. The number of anilines is 4. The number of nitrogens with one attached hydrogen (secondary N) is 3. The summed E-state index contributed by atoms with van der Waals surface area (Å²) in [7, 11) is 0. The van der Waals surface area contributed by atoms with Crippen molar-refractivity contribution in [2.75, 3.05) is 48.7 Å². The van der Waals surface area contributed by atoms with Crippen LogP contribution in [0, 0.1) is 22.7 Å². The van der Waals surface area contributed by atoms with E-state index in [1.54, 1.807) is 33.7 Å². The minimum absolute atomic E-state index is 0. The number of benzene rings is 2. The Kier molecular flexibility index (Phi) is 16.6. The molecule has 16 nitrogen and oxygen atoms in total. The van der Waals surface area contributed by atoms with Crippen LogP contribution in [0.5, 0.6) is 0 Å². The standard InChI is InChI=1S/C24H27N7O.C22H22N6O.C2H6BrN.BrH/c25-8-10-30-9-7-16-5-6-20(12-19(16)15-30)28-24-27-14-18-11-17(13-26)23(32)31(22(18)29-24)21-3-1-2-4-21;23-11-15-9-17-13-25-22(26-18-6-5-14-7-8-24-12-16(14)10-18)27-20(17)28(21(15)29)19-3-1-2-4-19;3-1-2-4;/h5-6,11-12,14,21H,1-4,7-10,15,25H2,(H,27,28,29);5-6,9-10,13,19,24H,1-4,7-8,12H2,(H,25,26,27);1-2,4H2;1H. The Labute approximate surface area is 402 Å². The van der Waals surface area contributed by atoms with Gasteiger partial charge in [-0.15, -0.1) is 17.0 Å². The number of nitriles is 2. The van der Waals surface area contributed by atoms with Crippen molar-refractivity contribution < 1.29 is 0 Å². The van der Waals surface area contributed by atoms with Gasteiger partial charge in [0.15, 0.2) is 0 Å². The Morgan fingerprint density at radius 1 is 0.712 bits per heavy atom. The van der Waals surface area contributed by atoms with E-state index in [2.05, 4.69) is 76.0 Å². The third kappa shape index (κ3) is 11.0. The van der Waals surface area contributed by atoms with Gasteiger partial charge in [-0.3, -0.25) is 23.6 Å². The van der Waals surface area contributed by atoms with Gasteiger partial charge in [0.25, 0.3) is 11.1 Å². The first kappa shape index (κ1) is 48.3. The van der Waals surface area contributed by atoms with Crippen LogP contribution in [-0.2, 0) is 25.9 Å². The molecule has 2 aliphatic carbocycles. The number of aromatic nitrogens is 6. The molecule has 0 bridgehead atoms. The highest BCUT2D eigenvalue weighted by Gasteiger charge is 2.25. The average Bonchev–Trinajstić information content (AvgIpc) is 4.08. The molecule has 0 amide bonds. The highest BCUT2D eigenvalue weighted by atomic mass is 79.9. The van der Waals surface area contributed by atoms with E-state index in [-0.39, 0.29) is 51.3 Å². The molecule has 0 unspecified atom stereocenters. The van der Waals surface area contributed by atoms with Gasteiger partial charge in [-0.05, 0) is 104 Å². The van der Waals surface area contributed by atoms with Crippen LogP contribution in [0.3, 0.4) is 0 Å². The van der Waals surface area contributed by atoms with Gasteiger partial charge in [0, 0.05) is 91.2 Å². The molecule has 7 N–H and O–H groups in total. The summed E-state index contributed by atoms with van der Waals surface area (Å²) in [5.74, 6) is 0.903. The van der Waals surface area contributed by atoms with Gasteiger partial charge < -0.3 is 27.4 Å². The Bertz CT molecular complexity index is 2880. The molecule has 66 heavy (non-hydrogen) atoms. The van der Waals surface area contributed by atoms with E-state index in [1.165, 1.54) is 22.3 Å². The molecule has 0 radical (unpaired) electrons. The predicted octanol–water partition coefficient (Wildman–Crippen LogP) is 6.92. The zero-order valence-corrected chi connectivity index (χ0v) is 40.2. The van der Waals surface area contributed by atoms with Crippen LogP contribution in [0.2, 0.25) is 0 Å². The summed E-state index contributed by atoms with van der Waals surface area (Å²) in [5, 5.41) is 31.1. The van der Waals surface area contributed by atoms with Crippen molar-refractivity contribution in [2.45, 2.75) is 89.4 Å². The van der Waals surface area contributed by atoms with Gasteiger partial charge in [-0.1, -0.05) is 53.7 Å².